The van der Waals surface area contributed by atoms with Crippen LogP contribution in [0.4, 0.5) is 0 Å². The summed E-state index contributed by atoms with van der Waals surface area (Å²) in [5.41, 5.74) is 2.51. The molecule has 0 amide bonds. The van der Waals surface area contributed by atoms with Gasteiger partial charge in [-0.2, -0.15) is 0 Å². The van der Waals surface area contributed by atoms with Crippen LogP contribution in [0.25, 0.3) is 22.6 Å². The molecule has 0 N–H and O–H groups in total. The predicted octanol–water partition coefficient (Wildman–Crippen LogP) is 4.51. The number of ether oxygens (including phenoxy) is 1. The number of rotatable bonds is 1. The van der Waals surface area contributed by atoms with Gasteiger partial charge in [0, 0.05) is 5.56 Å². The van der Waals surface area contributed by atoms with Crippen molar-refractivity contribution in [1.29, 1.82) is 0 Å². The van der Waals surface area contributed by atoms with Gasteiger partial charge in [0.1, 0.15) is 5.76 Å². The summed E-state index contributed by atoms with van der Waals surface area (Å²) in [6.07, 6.45) is 1.91. The number of carbonyl (C=O) groups excluding carboxylic acids is 1. The number of fused-ring (bicyclic) bond motifs is 2. The Balaban J connectivity index is 1.82. The van der Waals surface area contributed by atoms with E-state index in [-0.39, 0.29) is 5.97 Å². The number of hydrogen-bond acceptors (Lipinski definition) is 2. The fraction of sp³-hybridized carbons (Fsp3) is 0. The normalized spacial score (nSPS) is 15.2. The van der Waals surface area contributed by atoms with Crippen LogP contribution in [0, 0.1) is 0 Å². The first-order chi connectivity index (χ1) is 10.3. The van der Waals surface area contributed by atoms with Gasteiger partial charge in [-0.1, -0.05) is 54.6 Å². The van der Waals surface area contributed by atoms with Crippen LogP contribution >= 0.6 is 0 Å². The predicted molar refractivity (Wildman–Crippen MR) is 83.7 cm³/mol. The van der Waals surface area contributed by atoms with Crippen molar-refractivity contribution in [3.8, 4) is 0 Å². The van der Waals surface area contributed by atoms with Crippen molar-refractivity contribution in [2.24, 2.45) is 0 Å². The summed E-state index contributed by atoms with van der Waals surface area (Å²) >= 11 is 0. The molecular weight excluding hydrogens is 260 g/mol. The highest BCUT2D eigenvalue weighted by Crippen LogP contribution is 2.31. The van der Waals surface area contributed by atoms with E-state index in [1.54, 1.807) is 6.07 Å². The van der Waals surface area contributed by atoms with Gasteiger partial charge in [0.15, 0.2) is 0 Å². The molecule has 0 saturated heterocycles. The molecule has 0 radical (unpaired) electrons. The second-order valence-electron chi connectivity index (χ2n) is 5.05. The lowest BCUT2D eigenvalue weighted by atomic mass is 10.0. The molecule has 0 saturated carbocycles. The number of hydrogen-bond donors (Lipinski definition) is 0. The Kier molecular flexibility index (Phi) is 2.61. The van der Waals surface area contributed by atoms with E-state index >= 15 is 0 Å². The van der Waals surface area contributed by atoms with Gasteiger partial charge in [0.25, 0.3) is 0 Å². The summed E-state index contributed by atoms with van der Waals surface area (Å²) < 4.78 is 5.37. The molecule has 4 rings (SSSR count). The smallest absolute Gasteiger partial charge is 0.344 e. The quantitative estimate of drug-likeness (QED) is 0.609. The van der Waals surface area contributed by atoms with Crippen molar-refractivity contribution >= 4 is 28.6 Å². The van der Waals surface area contributed by atoms with Crippen LogP contribution in [0.2, 0.25) is 0 Å². The largest absolute Gasteiger partial charge is 0.422 e. The Morgan fingerprint density at radius 3 is 2.33 bits per heavy atom. The van der Waals surface area contributed by atoms with Crippen molar-refractivity contribution in [3.05, 3.63) is 83.4 Å². The maximum Gasteiger partial charge on any atom is 0.344 e. The third-order valence-electron chi connectivity index (χ3n) is 3.69. The van der Waals surface area contributed by atoms with Gasteiger partial charge >= 0.3 is 5.97 Å². The minimum absolute atomic E-state index is 0.280. The lowest BCUT2D eigenvalue weighted by Crippen LogP contribution is -1.92. The van der Waals surface area contributed by atoms with Crippen molar-refractivity contribution in [2.75, 3.05) is 0 Å². The number of benzene rings is 3. The molecule has 0 fully saturated rings. The molecule has 1 heterocycles. The molecule has 1 aliphatic heterocycles. The summed E-state index contributed by atoms with van der Waals surface area (Å²) in [6, 6.07) is 21.9. The molecular formula is C19H12O2. The maximum atomic E-state index is 11.8. The third kappa shape index (κ3) is 2.01. The molecule has 2 heteroatoms. The van der Waals surface area contributed by atoms with E-state index in [9.17, 15) is 4.79 Å². The van der Waals surface area contributed by atoms with Gasteiger partial charge in [-0.15, -0.1) is 0 Å². The second kappa shape index (κ2) is 4.60. The first-order valence-electron chi connectivity index (χ1n) is 6.83. The lowest BCUT2D eigenvalue weighted by Gasteiger charge is -2.01. The lowest BCUT2D eigenvalue weighted by molar-refractivity contribution is 0.0717. The fourth-order valence-corrected chi connectivity index (χ4v) is 2.64. The summed E-state index contributed by atoms with van der Waals surface area (Å²) in [7, 11) is 0. The molecule has 0 unspecified atom stereocenters. The van der Waals surface area contributed by atoms with Gasteiger partial charge in [0.2, 0.25) is 0 Å². The van der Waals surface area contributed by atoms with Crippen LogP contribution in [0.5, 0.6) is 0 Å². The Morgan fingerprint density at radius 1 is 0.762 bits per heavy atom. The average Bonchev–Trinajstić information content (AvgIpc) is 2.84. The van der Waals surface area contributed by atoms with Crippen LogP contribution in [-0.4, -0.2) is 5.97 Å². The van der Waals surface area contributed by atoms with Crippen LogP contribution in [-0.2, 0) is 4.74 Å². The minimum Gasteiger partial charge on any atom is -0.422 e. The van der Waals surface area contributed by atoms with Crippen molar-refractivity contribution in [1.82, 2.24) is 0 Å². The Hall–Kier alpha value is -2.87. The summed E-state index contributed by atoms with van der Waals surface area (Å²) in [6.45, 7) is 0. The second-order valence-corrected chi connectivity index (χ2v) is 5.05. The standard InChI is InChI=1S/C19H12O2/c20-19-17-8-4-3-7-16(17)18(21-19)12-13-9-10-14-5-1-2-6-15(14)11-13/h1-12H/b18-12-. The van der Waals surface area contributed by atoms with E-state index in [0.29, 0.717) is 11.3 Å². The van der Waals surface area contributed by atoms with Gasteiger partial charge < -0.3 is 4.74 Å². The number of esters is 1. The van der Waals surface area contributed by atoms with E-state index < -0.39 is 0 Å². The van der Waals surface area contributed by atoms with E-state index in [1.165, 1.54) is 10.8 Å². The van der Waals surface area contributed by atoms with Crippen molar-refractivity contribution in [3.63, 3.8) is 0 Å². The first-order valence-corrected chi connectivity index (χ1v) is 6.83. The van der Waals surface area contributed by atoms with Gasteiger partial charge in [-0.3, -0.25) is 0 Å². The van der Waals surface area contributed by atoms with E-state index in [4.69, 9.17) is 4.74 Å². The molecule has 2 nitrogen and oxygen atoms in total. The number of carbonyl (C=O) groups is 1. The highest BCUT2D eigenvalue weighted by Gasteiger charge is 2.25. The fourth-order valence-electron chi connectivity index (χ4n) is 2.64. The zero-order valence-corrected chi connectivity index (χ0v) is 11.2. The SMILES string of the molecule is O=C1O/C(=C\c2ccc3ccccc3c2)c2ccccc21. The topological polar surface area (TPSA) is 26.3 Å². The molecule has 0 bridgehead atoms. The molecule has 0 atom stereocenters. The van der Waals surface area contributed by atoms with Gasteiger partial charge in [-0.05, 0) is 34.5 Å². The molecule has 1 aliphatic rings. The highest BCUT2D eigenvalue weighted by molar-refractivity contribution is 6.05. The maximum absolute atomic E-state index is 11.8. The highest BCUT2D eigenvalue weighted by atomic mass is 16.5. The van der Waals surface area contributed by atoms with Crippen LogP contribution in [0.15, 0.2) is 66.7 Å². The Bertz CT molecular complexity index is 891. The van der Waals surface area contributed by atoms with E-state index in [2.05, 4.69) is 24.3 Å². The van der Waals surface area contributed by atoms with Crippen LogP contribution in [0.3, 0.4) is 0 Å². The first kappa shape index (κ1) is 11.9. The van der Waals surface area contributed by atoms with Gasteiger partial charge in [0.05, 0.1) is 5.56 Å². The molecule has 100 valence electrons. The zero-order valence-electron chi connectivity index (χ0n) is 11.2. The van der Waals surface area contributed by atoms with E-state index in [0.717, 1.165) is 11.1 Å². The zero-order chi connectivity index (χ0) is 14.2. The summed E-state index contributed by atoms with van der Waals surface area (Å²) in [4.78, 5) is 11.8. The van der Waals surface area contributed by atoms with Gasteiger partial charge in [-0.25, -0.2) is 4.79 Å². The molecule has 0 aromatic heterocycles. The minimum atomic E-state index is -0.280. The van der Waals surface area contributed by atoms with Crippen molar-refractivity contribution < 1.29 is 9.53 Å². The molecule has 3 aromatic carbocycles. The molecule has 3 aromatic rings. The molecule has 0 spiro atoms. The Morgan fingerprint density at radius 2 is 1.48 bits per heavy atom. The molecule has 0 aliphatic carbocycles. The summed E-state index contributed by atoms with van der Waals surface area (Å²) in [5, 5.41) is 2.37. The monoisotopic (exact) mass is 272 g/mol. The van der Waals surface area contributed by atoms with Crippen LogP contribution < -0.4 is 0 Å². The average molecular weight is 272 g/mol. The summed E-state index contributed by atoms with van der Waals surface area (Å²) in [5.74, 6) is 0.337. The van der Waals surface area contributed by atoms with Crippen LogP contribution in [0.1, 0.15) is 21.5 Å². The third-order valence-corrected chi connectivity index (χ3v) is 3.69. The van der Waals surface area contributed by atoms with E-state index in [1.807, 2.05) is 42.5 Å². The van der Waals surface area contributed by atoms with Crippen molar-refractivity contribution in [2.45, 2.75) is 0 Å². The Labute approximate surface area is 122 Å². The molecule has 21 heavy (non-hydrogen) atoms. The number of cyclic esters (lactones) is 1.